The summed E-state index contributed by atoms with van der Waals surface area (Å²) in [5.74, 6) is -0.218. The predicted octanol–water partition coefficient (Wildman–Crippen LogP) is 0.253. The van der Waals surface area contributed by atoms with Gasteiger partial charge in [0.2, 0.25) is 5.91 Å². The molecule has 3 N–H and O–H groups in total. The fraction of sp³-hybridized carbons (Fsp3) is 0.455. The highest BCUT2D eigenvalue weighted by Gasteiger charge is 2.16. The number of nitrogens with zero attached hydrogens (tertiary/aromatic N) is 1. The van der Waals surface area contributed by atoms with E-state index >= 15 is 0 Å². The Labute approximate surface area is 89.9 Å². The summed E-state index contributed by atoms with van der Waals surface area (Å²) in [6, 6.07) is 3.92. The van der Waals surface area contributed by atoms with E-state index in [0.29, 0.717) is 13.0 Å². The average molecular weight is 207 g/mol. The molecule has 0 aliphatic carbocycles. The van der Waals surface area contributed by atoms with Crippen LogP contribution in [0, 0.1) is 12.8 Å². The molecular weight excluding hydrogens is 190 g/mol. The van der Waals surface area contributed by atoms with Gasteiger partial charge in [-0.05, 0) is 18.6 Å². The highest BCUT2D eigenvalue weighted by molar-refractivity contribution is 5.78. The first-order valence-corrected chi connectivity index (χ1v) is 5.00. The van der Waals surface area contributed by atoms with Crippen molar-refractivity contribution in [2.75, 3.05) is 13.6 Å². The summed E-state index contributed by atoms with van der Waals surface area (Å²) in [4.78, 5) is 15.6. The van der Waals surface area contributed by atoms with E-state index in [-0.39, 0.29) is 11.8 Å². The summed E-state index contributed by atoms with van der Waals surface area (Å²) >= 11 is 0. The molecule has 0 spiro atoms. The summed E-state index contributed by atoms with van der Waals surface area (Å²) in [5.41, 5.74) is 7.55. The molecule has 4 nitrogen and oxygen atoms in total. The van der Waals surface area contributed by atoms with Crippen molar-refractivity contribution in [3.05, 3.63) is 29.6 Å². The van der Waals surface area contributed by atoms with Crippen LogP contribution in [0.3, 0.4) is 0 Å². The molecule has 15 heavy (non-hydrogen) atoms. The van der Waals surface area contributed by atoms with Gasteiger partial charge in [-0.1, -0.05) is 6.07 Å². The third kappa shape index (κ3) is 3.32. The zero-order chi connectivity index (χ0) is 11.3. The van der Waals surface area contributed by atoms with E-state index < -0.39 is 0 Å². The minimum Gasteiger partial charge on any atom is -0.359 e. The van der Waals surface area contributed by atoms with Crippen LogP contribution in [0.4, 0.5) is 0 Å². The van der Waals surface area contributed by atoms with Crippen LogP contribution in [0.25, 0.3) is 0 Å². The molecule has 1 heterocycles. The Morgan fingerprint density at radius 3 is 2.80 bits per heavy atom. The van der Waals surface area contributed by atoms with Gasteiger partial charge in [-0.25, -0.2) is 0 Å². The largest absolute Gasteiger partial charge is 0.359 e. The summed E-state index contributed by atoms with van der Waals surface area (Å²) in [5, 5.41) is 2.60. The number of carbonyl (C=O) groups is 1. The highest BCUT2D eigenvalue weighted by atomic mass is 16.1. The van der Waals surface area contributed by atoms with Gasteiger partial charge in [0.25, 0.3) is 0 Å². The number of nitrogens with two attached hydrogens (primary N) is 1. The second-order valence-electron chi connectivity index (χ2n) is 3.58. The van der Waals surface area contributed by atoms with E-state index in [9.17, 15) is 4.79 Å². The average Bonchev–Trinajstić information content (AvgIpc) is 2.27. The zero-order valence-electron chi connectivity index (χ0n) is 9.16. The molecule has 1 rings (SSSR count). The monoisotopic (exact) mass is 207 g/mol. The number of pyridine rings is 1. The smallest absolute Gasteiger partial charge is 0.224 e. The van der Waals surface area contributed by atoms with Gasteiger partial charge >= 0.3 is 0 Å². The first-order valence-electron chi connectivity index (χ1n) is 5.00. The second-order valence-corrected chi connectivity index (χ2v) is 3.58. The van der Waals surface area contributed by atoms with Crippen molar-refractivity contribution in [3.63, 3.8) is 0 Å². The van der Waals surface area contributed by atoms with E-state index in [0.717, 1.165) is 11.3 Å². The molecule has 0 saturated heterocycles. The lowest BCUT2D eigenvalue weighted by Crippen LogP contribution is -2.34. The zero-order valence-corrected chi connectivity index (χ0v) is 9.16. The van der Waals surface area contributed by atoms with Crippen molar-refractivity contribution in [1.82, 2.24) is 10.3 Å². The molecule has 0 aromatic carbocycles. The van der Waals surface area contributed by atoms with Gasteiger partial charge in [0.1, 0.15) is 0 Å². The van der Waals surface area contributed by atoms with Crippen LogP contribution in [0.5, 0.6) is 0 Å². The number of nitrogens with one attached hydrogen (secondary N) is 1. The van der Waals surface area contributed by atoms with Gasteiger partial charge in [-0.15, -0.1) is 0 Å². The number of hydrogen-bond donors (Lipinski definition) is 2. The predicted molar refractivity (Wildman–Crippen MR) is 59.3 cm³/mol. The molecule has 0 aliphatic heterocycles. The Morgan fingerprint density at radius 2 is 2.33 bits per heavy atom. The van der Waals surface area contributed by atoms with Crippen molar-refractivity contribution in [2.24, 2.45) is 11.7 Å². The fourth-order valence-corrected chi connectivity index (χ4v) is 1.36. The van der Waals surface area contributed by atoms with Crippen LogP contribution in [0.1, 0.15) is 11.3 Å². The summed E-state index contributed by atoms with van der Waals surface area (Å²) < 4.78 is 0. The maximum Gasteiger partial charge on any atom is 0.224 e. The lowest BCUT2D eigenvalue weighted by atomic mass is 10.0. The standard InChI is InChI=1S/C11H17N3O/c1-8-3-4-10(14-7-8)5-9(6-12)11(15)13-2/h3-4,7,9H,5-6,12H2,1-2H3,(H,13,15). The number of aromatic nitrogens is 1. The third-order valence-corrected chi connectivity index (χ3v) is 2.33. The molecule has 1 unspecified atom stereocenters. The summed E-state index contributed by atoms with van der Waals surface area (Å²) in [6.07, 6.45) is 2.39. The summed E-state index contributed by atoms with van der Waals surface area (Å²) in [7, 11) is 1.62. The van der Waals surface area contributed by atoms with Crippen LogP contribution < -0.4 is 11.1 Å². The molecule has 1 aromatic rings. The number of amides is 1. The van der Waals surface area contributed by atoms with Crippen molar-refractivity contribution in [2.45, 2.75) is 13.3 Å². The van der Waals surface area contributed by atoms with E-state index in [2.05, 4.69) is 10.3 Å². The first kappa shape index (κ1) is 11.7. The Hall–Kier alpha value is -1.42. The van der Waals surface area contributed by atoms with E-state index in [1.165, 1.54) is 0 Å². The molecule has 4 heteroatoms. The minimum atomic E-state index is -0.190. The molecule has 0 radical (unpaired) electrons. The molecule has 82 valence electrons. The molecule has 1 amide bonds. The fourth-order valence-electron chi connectivity index (χ4n) is 1.36. The lowest BCUT2D eigenvalue weighted by Gasteiger charge is -2.12. The molecule has 0 fully saturated rings. The van der Waals surface area contributed by atoms with Gasteiger partial charge < -0.3 is 11.1 Å². The Balaban J connectivity index is 2.66. The third-order valence-electron chi connectivity index (χ3n) is 2.33. The quantitative estimate of drug-likeness (QED) is 0.744. The number of carbonyl (C=O) groups excluding carboxylic acids is 1. The molecule has 0 bridgehead atoms. The van der Waals surface area contributed by atoms with Crippen LogP contribution in [-0.4, -0.2) is 24.5 Å². The highest BCUT2D eigenvalue weighted by Crippen LogP contribution is 2.06. The van der Waals surface area contributed by atoms with Crippen molar-refractivity contribution < 1.29 is 4.79 Å². The van der Waals surface area contributed by atoms with Gasteiger partial charge in [-0.3, -0.25) is 9.78 Å². The Morgan fingerprint density at radius 1 is 1.60 bits per heavy atom. The van der Waals surface area contributed by atoms with Crippen LogP contribution in [0.2, 0.25) is 0 Å². The maximum absolute atomic E-state index is 11.4. The van der Waals surface area contributed by atoms with Crippen molar-refractivity contribution >= 4 is 5.91 Å². The number of aryl methyl sites for hydroxylation is 1. The molecule has 1 aromatic heterocycles. The first-order chi connectivity index (χ1) is 7.17. The summed E-state index contributed by atoms with van der Waals surface area (Å²) in [6.45, 7) is 2.32. The SMILES string of the molecule is CNC(=O)C(CN)Cc1ccc(C)cn1. The maximum atomic E-state index is 11.4. The molecule has 0 aliphatic rings. The normalized spacial score (nSPS) is 12.2. The minimum absolute atomic E-state index is 0.0279. The van der Waals surface area contributed by atoms with Crippen LogP contribution in [-0.2, 0) is 11.2 Å². The molecular formula is C11H17N3O. The van der Waals surface area contributed by atoms with Gasteiger partial charge in [0, 0.05) is 31.9 Å². The van der Waals surface area contributed by atoms with Gasteiger partial charge in [0.05, 0.1) is 5.92 Å². The lowest BCUT2D eigenvalue weighted by molar-refractivity contribution is -0.124. The number of hydrogen-bond acceptors (Lipinski definition) is 3. The Kier molecular flexibility index (Phi) is 4.24. The van der Waals surface area contributed by atoms with Gasteiger partial charge in [-0.2, -0.15) is 0 Å². The van der Waals surface area contributed by atoms with Crippen molar-refractivity contribution in [1.29, 1.82) is 0 Å². The molecule has 0 saturated carbocycles. The van der Waals surface area contributed by atoms with Crippen LogP contribution in [0.15, 0.2) is 18.3 Å². The van der Waals surface area contributed by atoms with Crippen LogP contribution >= 0.6 is 0 Å². The van der Waals surface area contributed by atoms with E-state index in [4.69, 9.17) is 5.73 Å². The van der Waals surface area contributed by atoms with Gasteiger partial charge in [0.15, 0.2) is 0 Å². The number of rotatable bonds is 4. The Bertz CT molecular complexity index is 321. The van der Waals surface area contributed by atoms with E-state index in [1.54, 1.807) is 13.2 Å². The van der Waals surface area contributed by atoms with Crippen molar-refractivity contribution in [3.8, 4) is 0 Å². The molecule has 1 atom stereocenters. The second kappa shape index (κ2) is 5.46. The topological polar surface area (TPSA) is 68.0 Å². The van der Waals surface area contributed by atoms with E-state index in [1.807, 2.05) is 19.1 Å².